The highest BCUT2D eigenvalue weighted by Gasteiger charge is 2.62. The van der Waals surface area contributed by atoms with E-state index >= 15 is 0 Å². The van der Waals surface area contributed by atoms with Crippen molar-refractivity contribution >= 4 is 5.97 Å². The van der Waals surface area contributed by atoms with Crippen LogP contribution in [0.1, 0.15) is 38.2 Å². The zero-order chi connectivity index (χ0) is 16.9. The van der Waals surface area contributed by atoms with Gasteiger partial charge in [0.2, 0.25) is 5.79 Å². The molecule has 1 saturated heterocycles. The Morgan fingerprint density at radius 2 is 1.79 bits per heavy atom. The number of benzene rings is 1. The lowest BCUT2D eigenvalue weighted by Crippen LogP contribution is -2.56. The molecular formula is C19H26O5. The quantitative estimate of drug-likeness (QED) is 0.717. The molecule has 1 aromatic rings. The van der Waals surface area contributed by atoms with Gasteiger partial charge in [0, 0.05) is 0 Å². The van der Waals surface area contributed by atoms with Crippen LogP contribution in [0.15, 0.2) is 30.3 Å². The fraction of sp³-hybridized carbons (Fsp3) is 0.632. The maximum Gasteiger partial charge on any atom is 0.317 e. The van der Waals surface area contributed by atoms with E-state index in [9.17, 15) is 4.79 Å². The highest BCUT2D eigenvalue weighted by molar-refractivity contribution is 5.78. The first-order valence-electron chi connectivity index (χ1n) is 8.79. The average Bonchev–Trinajstić information content (AvgIpc) is 3.27. The van der Waals surface area contributed by atoms with E-state index in [-0.39, 0.29) is 12.6 Å². The second-order valence-corrected chi connectivity index (χ2v) is 6.44. The number of carbonyl (C=O) groups excluding carboxylic acids is 1. The molecule has 24 heavy (non-hydrogen) atoms. The first kappa shape index (κ1) is 17.4. The van der Waals surface area contributed by atoms with Crippen LogP contribution in [0.5, 0.6) is 0 Å². The minimum absolute atomic E-state index is 0.215. The van der Waals surface area contributed by atoms with Gasteiger partial charge in [0.1, 0.15) is 12.0 Å². The Hall–Kier alpha value is -1.43. The summed E-state index contributed by atoms with van der Waals surface area (Å²) in [7, 11) is 0. The van der Waals surface area contributed by atoms with Gasteiger partial charge >= 0.3 is 5.97 Å². The van der Waals surface area contributed by atoms with Crippen molar-refractivity contribution in [3.8, 4) is 0 Å². The lowest BCUT2D eigenvalue weighted by atomic mass is 9.77. The third-order valence-corrected chi connectivity index (χ3v) is 5.01. The van der Waals surface area contributed by atoms with Crippen molar-refractivity contribution in [1.29, 1.82) is 0 Å². The molecule has 0 aromatic heterocycles. The molecule has 0 N–H and O–H groups in total. The molecular weight excluding hydrogens is 308 g/mol. The summed E-state index contributed by atoms with van der Waals surface area (Å²) < 4.78 is 23.3. The molecule has 2 aliphatic rings. The highest BCUT2D eigenvalue weighted by atomic mass is 16.8. The first-order valence-corrected chi connectivity index (χ1v) is 8.79. The minimum atomic E-state index is -1.02. The minimum Gasteiger partial charge on any atom is -0.465 e. The van der Waals surface area contributed by atoms with Crippen LogP contribution in [0.4, 0.5) is 0 Å². The van der Waals surface area contributed by atoms with Gasteiger partial charge in [-0.15, -0.1) is 0 Å². The van der Waals surface area contributed by atoms with Gasteiger partial charge < -0.3 is 18.9 Å². The molecule has 1 aromatic carbocycles. The Bertz CT molecular complexity index is 530. The predicted molar refractivity (Wildman–Crippen MR) is 88.3 cm³/mol. The van der Waals surface area contributed by atoms with Crippen molar-refractivity contribution in [2.75, 3.05) is 26.4 Å². The van der Waals surface area contributed by atoms with Gasteiger partial charge in [-0.3, -0.25) is 4.79 Å². The van der Waals surface area contributed by atoms with Crippen LogP contribution < -0.4 is 0 Å². The Labute approximate surface area is 143 Å². The van der Waals surface area contributed by atoms with Crippen molar-refractivity contribution < 1.29 is 23.7 Å². The van der Waals surface area contributed by atoms with E-state index in [1.165, 1.54) is 0 Å². The molecule has 5 heteroatoms. The molecule has 1 heterocycles. The number of ether oxygens (including phenoxy) is 4. The summed E-state index contributed by atoms with van der Waals surface area (Å²) in [5, 5.41) is 0. The Kier molecular flexibility index (Phi) is 5.54. The van der Waals surface area contributed by atoms with Crippen molar-refractivity contribution in [2.24, 2.45) is 5.41 Å². The summed E-state index contributed by atoms with van der Waals surface area (Å²) in [5.74, 6) is -1.24. The maximum atomic E-state index is 12.8. The summed E-state index contributed by atoms with van der Waals surface area (Å²) in [4.78, 5) is 12.8. The van der Waals surface area contributed by atoms with Gasteiger partial charge in [-0.2, -0.15) is 0 Å². The maximum absolute atomic E-state index is 12.8. The van der Waals surface area contributed by atoms with Crippen LogP contribution in [0.2, 0.25) is 0 Å². The normalized spacial score (nSPS) is 21.7. The monoisotopic (exact) mass is 334 g/mol. The lowest BCUT2D eigenvalue weighted by Gasteiger charge is -2.41. The SMILES string of the molecule is CCOC(=O)C1(C2(COCc3ccccc3)OCCO2)CCCC1. The molecule has 1 aliphatic heterocycles. The molecule has 3 rings (SSSR count). The molecule has 0 unspecified atom stereocenters. The van der Waals surface area contributed by atoms with Gasteiger partial charge in [-0.25, -0.2) is 0 Å². The molecule has 0 radical (unpaired) electrons. The summed E-state index contributed by atoms with van der Waals surface area (Å²) in [6.07, 6.45) is 3.40. The largest absolute Gasteiger partial charge is 0.465 e. The summed E-state index contributed by atoms with van der Waals surface area (Å²) in [5.41, 5.74) is 0.332. The van der Waals surface area contributed by atoms with Gasteiger partial charge in [0.15, 0.2) is 0 Å². The van der Waals surface area contributed by atoms with Crippen LogP contribution in [0.3, 0.4) is 0 Å². The van der Waals surface area contributed by atoms with E-state index in [4.69, 9.17) is 18.9 Å². The van der Waals surface area contributed by atoms with Gasteiger partial charge in [0.25, 0.3) is 0 Å². The number of hydrogen-bond donors (Lipinski definition) is 0. The number of rotatable bonds is 7. The molecule has 0 spiro atoms. The Morgan fingerprint density at radius 3 is 2.42 bits per heavy atom. The second-order valence-electron chi connectivity index (χ2n) is 6.44. The van der Waals surface area contributed by atoms with E-state index in [2.05, 4.69) is 0 Å². The summed E-state index contributed by atoms with van der Waals surface area (Å²) >= 11 is 0. The molecule has 1 saturated carbocycles. The Balaban J connectivity index is 1.75. The van der Waals surface area contributed by atoms with Crippen LogP contribution in [-0.4, -0.2) is 38.2 Å². The second kappa shape index (κ2) is 7.64. The molecule has 2 fully saturated rings. The van der Waals surface area contributed by atoms with Crippen molar-refractivity contribution in [2.45, 2.75) is 45.0 Å². The van der Waals surface area contributed by atoms with E-state index in [1.807, 2.05) is 37.3 Å². The smallest absolute Gasteiger partial charge is 0.317 e. The predicted octanol–water partition coefficient (Wildman–Crippen LogP) is 3.07. The summed E-state index contributed by atoms with van der Waals surface area (Å²) in [6, 6.07) is 9.96. The average molecular weight is 334 g/mol. The molecule has 5 nitrogen and oxygen atoms in total. The fourth-order valence-electron chi connectivity index (χ4n) is 3.82. The van der Waals surface area contributed by atoms with Crippen molar-refractivity contribution in [3.63, 3.8) is 0 Å². The molecule has 0 atom stereocenters. The Morgan fingerprint density at radius 1 is 1.12 bits per heavy atom. The van der Waals surface area contributed by atoms with E-state index in [0.717, 1.165) is 31.2 Å². The van der Waals surface area contributed by atoms with E-state index in [1.54, 1.807) is 0 Å². The molecule has 0 amide bonds. The van der Waals surface area contributed by atoms with Crippen molar-refractivity contribution in [3.05, 3.63) is 35.9 Å². The number of esters is 1. The standard InChI is InChI=1S/C19H26O5/c1-2-22-17(20)18(10-6-7-11-18)19(23-12-13-24-19)15-21-14-16-8-4-3-5-9-16/h3-5,8-9H,2,6-7,10-15H2,1H3. The van der Waals surface area contributed by atoms with Crippen LogP contribution in [-0.2, 0) is 30.3 Å². The molecule has 132 valence electrons. The van der Waals surface area contributed by atoms with E-state index in [0.29, 0.717) is 26.4 Å². The van der Waals surface area contributed by atoms with Gasteiger partial charge in [-0.05, 0) is 25.3 Å². The third-order valence-electron chi connectivity index (χ3n) is 5.01. The van der Waals surface area contributed by atoms with Crippen LogP contribution in [0.25, 0.3) is 0 Å². The van der Waals surface area contributed by atoms with Gasteiger partial charge in [0.05, 0.1) is 26.4 Å². The van der Waals surface area contributed by atoms with Crippen LogP contribution in [0, 0.1) is 5.41 Å². The third kappa shape index (κ3) is 3.21. The topological polar surface area (TPSA) is 54.0 Å². The molecule has 0 bridgehead atoms. The summed E-state index contributed by atoms with van der Waals surface area (Å²) in [6.45, 7) is 3.86. The zero-order valence-corrected chi connectivity index (χ0v) is 14.3. The lowest BCUT2D eigenvalue weighted by molar-refractivity contribution is -0.265. The van der Waals surface area contributed by atoms with E-state index < -0.39 is 11.2 Å². The van der Waals surface area contributed by atoms with Crippen molar-refractivity contribution in [1.82, 2.24) is 0 Å². The first-order chi connectivity index (χ1) is 11.7. The van der Waals surface area contributed by atoms with Crippen LogP contribution >= 0.6 is 0 Å². The number of hydrogen-bond acceptors (Lipinski definition) is 5. The number of carbonyl (C=O) groups is 1. The molecule has 1 aliphatic carbocycles. The highest BCUT2D eigenvalue weighted by Crippen LogP contribution is 2.51. The van der Waals surface area contributed by atoms with Gasteiger partial charge in [-0.1, -0.05) is 43.2 Å². The fourth-order valence-corrected chi connectivity index (χ4v) is 3.82. The zero-order valence-electron chi connectivity index (χ0n) is 14.3.